The van der Waals surface area contributed by atoms with Crippen molar-refractivity contribution < 1.29 is 22.4 Å². The number of aromatic nitrogens is 2. The molecule has 1 aromatic carbocycles. The number of nitrogens with two attached hydrogens (primary N) is 1. The zero-order chi connectivity index (χ0) is 14.0. The van der Waals surface area contributed by atoms with Crippen LogP contribution in [0.5, 0.6) is 5.75 Å². The lowest BCUT2D eigenvalue weighted by Crippen LogP contribution is -2.18. The molecule has 2 aromatic rings. The maximum Gasteiger partial charge on any atom is 0.573 e. The Hall–Kier alpha value is -2.09. The van der Waals surface area contributed by atoms with Crippen molar-refractivity contribution >= 4 is 0 Å². The summed E-state index contributed by atoms with van der Waals surface area (Å²) in [5.74, 6) is 0.176. The fourth-order valence-electron chi connectivity index (χ4n) is 1.50. The standard InChI is InChI=1S/C11H10F3N3O2/c1-6-16-10(17-19-6)9(15)7-3-2-4-8(5-7)18-11(12,13)14/h2-5,9H,15H2,1H3. The molecule has 0 bridgehead atoms. The van der Waals surface area contributed by atoms with Crippen LogP contribution in [0.15, 0.2) is 28.8 Å². The van der Waals surface area contributed by atoms with E-state index in [-0.39, 0.29) is 11.6 Å². The van der Waals surface area contributed by atoms with Gasteiger partial charge in [-0.05, 0) is 17.7 Å². The summed E-state index contributed by atoms with van der Waals surface area (Å²) in [6.07, 6.45) is -4.74. The lowest BCUT2D eigenvalue weighted by molar-refractivity contribution is -0.274. The number of hydrogen-bond acceptors (Lipinski definition) is 5. The predicted molar refractivity (Wildman–Crippen MR) is 58.2 cm³/mol. The van der Waals surface area contributed by atoms with E-state index < -0.39 is 12.4 Å². The Kier molecular flexibility index (Phi) is 3.43. The Balaban J connectivity index is 2.23. The number of halogens is 3. The first kappa shape index (κ1) is 13.3. The first-order chi connectivity index (χ1) is 8.85. The van der Waals surface area contributed by atoms with Crippen LogP contribution in [0.2, 0.25) is 0 Å². The zero-order valence-corrected chi connectivity index (χ0v) is 9.81. The van der Waals surface area contributed by atoms with E-state index in [0.29, 0.717) is 11.5 Å². The molecule has 1 heterocycles. The number of nitrogens with zero attached hydrogens (tertiary/aromatic N) is 2. The van der Waals surface area contributed by atoms with Crippen LogP contribution in [0, 0.1) is 6.92 Å². The first-order valence-electron chi connectivity index (χ1n) is 5.26. The molecule has 0 radical (unpaired) electrons. The Morgan fingerprint density at radius 1 is 1.37 bits per heavy atom. The minimum absolute atomic E-state index is 0.196. The third kappa shape index (κ3) is 3.44. The van der Waals surface area contributed by atoms with Gasteiger partial charge in [-0.3, -0.25) is 0 Å². The summed E-state index contributed by atoms with van der Waals surface area (Å²) in [6.45, 7) is 1.59. The molecule has 1 unspecified atom stereocenters. The molecule has 0 amide bonds. The second-order valence-corrected chi connectivity index (χ2v) is 3.77. The topological polar surface area (TPSA) is 74.2 Å². The van der Waals surface area contributed by atoms with E-state index in [9.17, 15) is 13.2 Å². The summed E-state index contributed by atoms with van der Waals surface area (Å²) < 4.78 is 44.9. The monoisotopic (exact) mass is 273 g/mol. The van der Waals surface area contributed by atoms with E-state index in [1.807, 2.05) is 0 Å². The lowest BCUT2D eigenvalue weighted by Gasteiger charge is -2.12. The third-order valence-corrected chi connectivity index (χ3v) is 2.27. The second kappa shape index (κ2) is 4.88. The fourth-order valence-corrected chi connectivity index (χ4v) is 1.50. The van der Waals surface area contributed by atoms with Crippen LogP contribution in [-0.2, 0) is 0 Å². The number of alkyl halides is 3. The molecule has 5 nitrogen and oxygen atoms in total. The van der Waals surface area contributed by atoms with Gasteiger partial charge in [0.15, 0.2) is 5.82 Å². The third-order valence-electron chi connectivity index (χ3n) is 2.27. The van der Waals surface area contributed by atoms with E-state index in [0.717, 1.165) is 0 Å². The minimum atomic E-state index is -4.74. The Morgan fingerprint density at radius 3 is 2.68 bits per heavy atom. The molecule has 102 valence electrons. The van der Waals surface area contributed by atoms with Crippen LogP contribution in [0.25, 0.3) is 0 Å². The summed E-state index contributed by atoms with van der Waals surface area (Å²) in [7, 11) is 0. The Morgan fingerprint density at radius 2 is 2.11 bits per heavy atom. The Labute approximate surface area is 106 Å². The van der Waals surface area contributed by atoms with Gasteiger partial charge < -0.3 is 15.0 Å². The molecule has 19 heavy (non-hydrogen) atoms. The van der Waals surface area contributed by atoms with Crippen LogP contribution < -0.4 is 10.5 Å². The molecule has 0 aliphatic rings. The van der Waals surface area contributed by atoms with E-state index >= 15 is 0 Å². The highest BCUT2D eigenvalue weighted by Gasteiger charge is 2.31. The molecular weight excluding hydrogens is 263 g/mol. The van der Waals surface area contributed by atoms with Crippen LogP contribution in [0.3, 0.4) is 0 Å². The number of rotatable bonds is 3. The van der Waals surface area contributed by atoms with Gasteiger partial charge in [-0.1, -0.05) is 17.3 Å². The fraction of sp³-hybridized carbons (Fsp3) is 0.273. The SMILES string of the molecule is Cc1nc(C(N)c2cccc(OC(F)(F)F)c2)no1. The molecule has 1 aromatic heterocycles. The van der Waals surface area contributed by atoms with Gasteiger partial charge in [-0.2, -0.15) is 4.98 Å². The number of hydrogen-bond donors (Lipinski definition) is 1. The van der Waals surface area contributed by atoms with Crippen LogP contribution in [0.1, 0.15) is 23.3 Å². The highest BCUT2D eigenvalue weighted by atomic mass is 19.4. The van der Waals surface area contributed by atoms with Gasteiger partial charge >= 0.3 is 6.36 Å². The molecule has 0 spiro atoms. The van der Waals surface area contributed by atoms with Crippen molar-refractivity contribution in [3.8, 4) is 5.75 Å². The van der Waals surface area contributed by atoms with Crippen LogP contribution in [-0.4, -0.2) is 16.5 Å². The quantitative estimate of drug-likeness (QED) is 0.928. The molecule has 2 rings (SSSR count). The summed E-state index contributed by atoms with van der Waals surface area (Å²) in [6, 6.07) is 4.55. The van der Waals surface area contributed by atoms with Crippen molar-refractivity contribution in [1.82, 2.24) is 10.1 Å². The first-order valence-corrected chi connectivity index (χ1v) is 5.26. The molecular formula is C11H10F3N3O2. The summed E-state index contributed by atoms with van der Waals surface area (Å²) in [4.78, 5) is 3.93. The number of ether oxygens (including phenoxy) is 1. The smallest absolute Gasteiger partial charge is 0.406 e. The molecule has 2 N–H and O–H groups in total. The van der Waals surface area contributed by atoms with Gasteiger partial charge in [0.1, 0.15) is 5.75 Å². The number of aryl methyl sites for hydroxylation is 1. The average Bonchev–Trinajstić information content (AvgIpc) is 2.73. The maximum atomic E-state index is 12.1. The Bertz CT molecular complexity index is 568. The molecule has 0 aliphatic carbocycles. The normalized spacial score (nSPS) is 13.3. The van der Waals surface area contributed by atoms with E-state index in [2.05, 4.69) is 14.9 Å². The molecule has 0 aliphatic heterocycles. The second-order valence-electron chi connectivity index (χ2n) is 3.77. The van der Waals surface area contributed by atoms with Gasteiger partial charge in [0, 0.05) is 6.92 Å². The van der Waals surface area contributed by atoms with Crippen molar-refractivity contribution in [3.05, 3.63) is 41.5 Å². The molecule has 1 atom stereocenters. The van der Waals surface area contributed by atoms with Crippen LogP contribution >= 0.6 is 0 Å². The molecule has 0 saturated heterocycles. The average molecular weight is 273 g/mol. The van der Waals surface area contributed by atoms with Crippen molar-refractivity contribution in [2.45, 2.75) is 19.3 Å². The largest absolute Gasteiger partial charge is 0.573 e. The van der Waals surface area contributed by atoms with E-state index in [1.54, 1.807) is 13.0 Å². The summed E-state index contributed by atoms with van der Waals surface area (Å²) in [5, 5.41) is 3.62. The van der Waals surface area contributed by atoms with Gasteiger partial charge in [0.2, 0.25) is 5.89 Å². The maximum absolute atomic E-state index is 12.1. The number of benzene rings is 1. The highest BCUT2D eigenvalue weighted by molar-refractivity contribution is 5.33. The van der Waals surface area contributed by atoms with Crippen molar-refractivity contribution in [2.24, 2.45) is 5.73 Å². The lowest BCUT2D eigenvalue weighted by atomic mass is 10.1. The minimum Gasteiger partial charge on any atom is -0.406 e. The highest BCUT2D eigenvalue weighted by Crippen LogP contribution is 2.26. The molecule has 0 fully saturated rings. The van der Waals surface area contributed by atoms with Crippen molar-refractivity contribution in [1.29, 1.82) is 0 Å². The van der Waals surface area contributed by atoms with E-state index in [4.69, 9.17) is 10.3 Å². The summed E-state index contributed by atoms with van der Waals surface area (Å²) >= 11 is 0. The predicted octanol–water partition coefficient (Wildman–Crippen LogP) is 2.32. The van der Waals surface area contributed by atoms with E-state index in [1.165, 1.54) is 18.2 Å². The van der Waals surface area contributed by atoms with Gasteiger partial charge in [-0.15, -0.1) is 13.2 Å². The van der Waals surface area contributed by atoms with Crippen molar-refractivity contribution in [3.63, 3.8) is 0 Å². The molecule has 0 saturated carbocycles. The van der Waals surface area contributed by atoms with Crippen LogP contribution in [0.4, 0.5) is 13.2 Å². The summed E-state index contributed by atoms with van der Waals surface area (Å²) in [5.41, 5.74) is 6.23. The zero-order valence-electron chi connectivity index (χ0n) is 9.81. The molecule has 8 heteroatoms. The van der Waals surface area contributed by atoms with Gasteiger partial charge in [0.25, 0.3) is 0 Å². The van der Waals surface area contributed by atoms with Gasteiger partial charge in [-0.25, -0.2) is 0 Å². The van der Waals surface area contributed by atoms with Gasteiger partial charge in [0.05, 0.1) is 6.04 Å². The van der Waals surface area contributed by atoms with Crippen molar-refractivity contribution in [2.75, 3.05) is 0 Å².